The molecule has 0 radical (unpaired) electrons. The van der Waals surface area contributed by atoms with Crippen LogP contribution in [0.4, 0.5) is 0 Å². The summed E-state index contributed by atoms with van der Waals surface area (Å²) < 4.78 is 12.6. The smallest absolute Gasteiger partial charge is 0.343 e. The van der Waals surface area contributed by atoms with Crippen LogP contribution in [0.15, 0.2) is 42.5 Å². The summed E-state index contributed by atoms with van der Waals surface area (Å²) in [6, 6.07) is 13.2. The average Bonchev–Trinajstić information content (AvgIpc) is 2.89. The third-order valence-corrected chi connectivity index (χ3v) is 8.95. The summed E-state index contributed by atoms with van der Waals surface area (Å²) in [6.07, 6.45) is 0. The maximum absolute atomic E-state index is 14.1. The van der Waals surface area contributed by atoms with Crippen LogP contribution in [-0.4, -0.2) is 17.0 Å². The second-order valence-electron chi connectivity index (χ2n) is 19.8. The first-order valence-electron chi connectivity index (χ1n) is 17.5. The summed E-state index contributed by atoms with van der Waals surface area (Å²) in [6.45, 7) is 37.2. The zero-order valence-electron chi connectivity index (χ0n) is 33.6. The van der Waals surface area contributed by atoms with E-state index in [2.05, 4.69) is 47.6 Å². The highest BCUT2D eigenvalue weighted by molar-refractivity contribution is 5.94. The molecule has 5 heteroatoms. The summed E-state index contributed by atoms with van der Waals surface area (Å²) in [5.41, 5.74) is 3.61. The number of ether oxygens (including phenoxy) is 2. The molecule has 0 spiro atoms. The fraction of sp³-hybridized carbons (Fsp3) is 0.545. The van der Waals surface area contributed by atoms with Crippen molar-refractivity contribution in [3.63, 3.8) is 0 Å². The molecule has 0 unspecified atom stereocenters. The third-order valence-electron chi connectivity index (χ3n) is 8.95. The molecule has 0 fully saturated rings. The maximum Gasteiger partial charge on any atom is 0.343 e. The molecular weight excluding hydrogens is 608 g/mol. The number of esters is 2. The van der Waals surface area contributed by atoms with Gasteiger partial charge in [-0.1, -0.05) is 137 Å². The van der Waals surface area contributed by atoms with Crippen LogP contribution in [-0.2, 0) is 32.5 Å². The van der Waals surface area contributed by atoms with Crippen molar-refractivity contribution in [2.24, 2.45) is 0 Å². The van der Waals surface area contributed by atoms with Gasteiger partial charge in [0, 0.05) is 27.8 Å². The Hall–Kier alpha value is -3.60. The van der Waals surface area contributed by atoms with Crippen molar-refractivity contribution in [1.29, 1.82) is 0 Å². The highest BCUT2D eigenvalue weighted by atomic mass is 16.5. The monoisotopic (exact) mass is 670 g/mol. The number of phenols is 1. The average molecular weight is 671 g/mol. The molecule has 0 aliphatic heterocycles. The van der Waals surface area contributed by atoms with E-state index < -0.39 is 33.6 Å². The quantitative estimate of drug-likeness (QED) is 0.221. The number of carbonyl (C=O) groups excluding carboxylic acids is 2. The lowest BCUT2D eigenvalue weighted by Crippen LogP contribution is -2.25. The molecule has 0 atom stereocenters. The van der Waals surface area contributed by atoms with Crippen molar-refractivity contribution in [2.45, 2.75) is 157 Å². The molecule has 1 N–H and O–H groups in total. The van der Waals surface area contributed by atoms with Crippen LogP contribution in [0.1, 0.15) is 179 Å². The molecule has 0 aliphatic rings. The minimum absolute atomic E-state index is 0.0538. The second kappa shape index (κ2) is 12.9. The summed E-state index contributed by atoms with van der Waals surface area (Å²) in [5, 5.41) is 11.3. The molecule has 0 aromatic heterocycles. The van der Waals surface area contributed by atoms with Crippen LogP contribution in [0.3, 0.4) is 0 Å². The Kier molecular flexibility index (Phi) is 10.5. The summed E-state index contributed by atoms with van der Waals surface area (Å²) in [7, 11) is 0. The van der Waals surface area contributed by atoms with Gasteiger partial charge in [-0.3, -0.25) is 0 Å². The Balaban J connectivity index is 2.22. The first-order chi connectivity index (χ1) is 21.8. The Bertz CT molecular complexity index is 1660. The fourth-order valence-electron chi connectivity index (χ4n) is 5.85. The molecule has 0 aliphatic carbocycles. The number of phenolic OH excluding ortho intramolecular Hbond substituents is 1. The van der Waals surface area contributed by atoms with Crippen LogP contribution in [0.25, 0.3) is 0 Å². The maximum atomic E-state index is 14.1. The van der Waals surface area contributed by atoms with Crippen LogP contribution in [0.2, 0.25) is 0 Å². The third kappa shape index (κ3) is 9.15. The van der Waals surface area contributed by atoms with E-state index in [4.69, 9.17) is 9.47 Å². The van der Waals surface area contributed by atoms with Gasteiger partial charge in [0.1, 0.15) is 17.2 Å². The van der Waals surface area contributed by atoms with Gasteiger partial charge in [0.05, 0.1) is 11.1 Å². The molecule has 49 heavy (non-hydrogen) atoms. The van der Waals surface area contributed by atoms with Crippen molar-refractivity contribution in [3.8, 4) is 17.2 Å². The van der Waals surface area contributed by atoms with E-state index in [0.29, 0.717) is 33.8 Å². The Labute approximate surface area is 296 Å². The molecular formula is C44H62O5. The van der Waals surface area contributed by atoms with Crippen molar-refractivity contribution in [2.75, 3.05) is 0 Å². The second-order valence-corrected chi connectivity index (χ2v) is 19.8. The summed E-state index contributed by atoms with van der Waals surface area (Å²) in [5.74, 6) is 0.191. The van der Waals surface area contributed by atoms with E-state index in [9.17, 15) is 14.7 Å². The van der Waals surface area contributed by atoms with Gasteiger partial charge in [0.2, 0.25) is 0 Å². The zero-order valence-corrected chi connectivity index (χ0v) is 33.6. The van der Waals surface area contributed by atoms with Gasteiger partial charge in [-0.05, 0) is 68.4 Å². The number of hydrogen-bond acceptors (Lipinski definition) is 5. The van der Waals surface area contributed by atoms with E-state index in [1.165, 1.54) is 5.56 Å². The van der Waals surface area contributed by atoms with E-state index in [1.54, 1.807) is 24.3 Å². The predicted octanol–water partition coefficient (Wildman–Crippen LogP) is 11.6. The van der Waals surface area contributed by atoms with Gasteiger partial charge in [0.15, 0.2) is 0 Å². The highest BCUT2D eigenvalue weighted by Crippen LogP contribution is 2.44. The molecule has 0 saturated carbocycles. The molecule has 0 bridgehead atoms. The molecule has 0 amide bonds. The topological polar surface area (TPSA) is 72.8 Å². The molecule has 3 aromatic carbocycles. The summed E-state index contributed by atoms with van der Waals surface area (Å²) in [4.78, 5) is 28.2. The zero-order chi connectivity index (χ0) is 37.9. The minimum Gasteiger partial charge on any atom is -0.507 e. The van der Waals surface area contributed by atoms with Gasteiger partial charge >= 0.3 is 11.9 Å². The van der Waals surface area contributed by atoms with E-state index in [-0.39, 0.29) is 16.6 Å². The Morgan fingerprint density at radius 2 is 0.796 bits per heavy atom. The first-order valence-corrected chi connectivity index (χ1v) is 17.5. The van der Waals surface area contributed by atoms with E-state index in [0.717, 1.165) is 16.7 Å². The predicted molar refractivity (Wildman–Crippen MR) is 203 cm³/mol. The number of rotatable bonds is 4. The van der Waals surface area contributed by atoms with Crippen molar-refractivity contribution < 1.29 is 24.2 Å². The van der Waals surface area contributed by atoms with Gasteiger partial charge in [0.25, 0.3) is 0 Å². The van der Waals surface area contributed by atoms with Crippen LogP contribution in [0.5, 0.6) is 17.2 Å². The molecule has 0 saturated heterocycles. The van der Waals surface area contributed by atoms with Crippen molar-refractivity contribution >= 4 is 11.9 Å². The number of aromatic hydroxyl groups is 1. The lowest BCUT2D eigenvalue weighted by atomic mass is 9.78. The first kappa shape index (κ1) is 39.8. The van der Waals surface area contributed by atoms with Crippen molar-refractivity contribution in [3.05, 3.63) is 87.0 Å². The lowest BCUT2D eigenvalue weighted by Gasteiger charge is -2.30. The molecule has 3 rings (SSSR count). The molecule has 5 nitrogen and oxygen atoms in total. The normalized spacial score (nSPS) is 13.3. The van der Waals surface area contributed by atoms with Gasteiger partial charge in [-0.15, -0.1) is 0 Å². The van der Waals surface area contributed by atoms with Crippen LogP contribution in [0, 0.1) is 0 Å². The Morgan fingerprint density at radius 1 is 0.449 bits per heavy atom. The Morgan fingerprint density at radius 3 is 1.14 bits per heavy atom. The van der Waals surface area contributed by atoms with Crippen LogP contribution >= 0.6 is 0 Å². The number of carbonyl (C=O) groups is 2. The molecule has 3 aromatic rings. The molecule has 0 heterocycles. The largest absolute Gasteiger partial charge is 0.507 e. The lowest BCUT2D eigenvalue weighted by molar-refractivity contribution is 0.0726. The molecule has 268 valence electrons. The fourth-order valence-corrected chi connectivity index (χ4v) is 5.85. The van der Waals surface area contributed by atoms with Gasteiger partial charge in [-0.25, -0.2) is 9.59 Å². The number of hydrogen-bond donors (Lipinski definition) is 1. The van der Waals surface area contributed by atoms with Crippen LogP contribution < -0.4 is 9.47 Å². The highest BCUT2D eigenvalue weighted by Gasteiger charge is 2.33. The number of benzene rings is 3. The van der Waals surface area contributed by atoms with Gasteiger partial charge in [-0.2, -0.15) is 0 Å². The minimum atomic E-state index is -0.518. The summed E-state index contributed by atoms with van der Waals surface area (Å²) >= 11 is 0. The standard InChI is InChI=1S/C44H62O5/c1-39(2,3)28-19-20-34(29(25-28)40(4,5)6)48-37(46)27-23-32(43(13,14)15)36(33(24-27)44(16,17)18)49-38(47)26-21-30(41(7,8)9)35(45)31(22-26)42(10,11)12/h19-25,45H,1-18H3. The van der Waals surface area contributed by atoms with E-state index >= 15 is 0 Å². The van der Waals surface area contributed by atoms with Gasteiger partial charge < -0.3 is 14.6 Å². The SMILES string of the molecule is CC(C)(C)c1ccc(OC(=O)c2cc(C(C)(C)C)c(OC(=O)c3cc(C(C)(C)C)c(O)c(C(C)(C)C)c3)c(C(C)(C)C)c2)c(C(C)(C)C)c1. The van der Waals surface area contributed by atoms with E-state index in [1.807, 2.05) is 95.2 Å². The van der Waals surface area contributed by atoms with Crippen molar-refractivity contribution in [1.82, 2.24) is 0 Å².